The minimum absolute atomic E-state index is 0.215. The summed E-state index contributed by atoms with van der Waals surface area (Å²) in [6.07, 6.45) is 2.60. The number of esters is 1. The fourth-order valence-corrected chi connectivity index (χ4v) is 2.77. The van der Waals surface area contributed by atoms with Crippen LogP contribution in [-0.2, 0) is 15.1 Å². The van der Waals surface area contributed by atoms with E-state index in [1.165, 1.54) is 0 Å². The average Bonchev–Trinajstić information content (AvgIpc) is 2.71. The minimum Gasteiger partial charge on any atom is -0.481 e. The van der Waals surface area contributed by atoms with Gasteiger partial charge in [0.15, 0.2) is 0 Å². The Hall–Kier alpha value is -2.11. The smallest absolute Gasteiger partial charge is 0.343 e. The van der Waals surface area contributed by atoms with Crippen molar-refractivity contribution >= 4 is 17.8 Å². The maximum atomic E-state index is 12.1. The Morgan fingerprint density at radius 3 is 2.59 bits per heavy atom. The number of aromatic nitrogens is 1. The molecule has 0 aromatic carbocycles. The molecule has 0 saturated carbocycles. The second-order valence-electron chi connectivity index (χ2n) is 6.13. The van der Waals surface area contributed by atoms with Crippen molar-refractivity contribution in [1.82, 2.24) is 4.98 Å². The molecule has 0 unspecified atom stereocenters. The number of rotatable bonds is 6. The van der Waals surface area contributed by atoms with Gasteiger partial charge in [-0.1, -0.05) is 13.8 Å². The Bertz CT molecular complexity index is 606. The van der Waals surface area contributed by atoms with Gasteiger partial charge in [-0.05, 0) is 32.8 Å². The summed E-state index contributed by atoms with van der Waals surface area (Å²) < 4.78 is 5.36. The average molecular weight is 306 g/mol. The number of hydrogen-bond acceptors (Lipinski definition) is 5. The molecule has 0 bridgehead atoms. The first-order chi connectivity index (χ1) is 10.3. The van der Waals surface area contributed by atoms with Crippen molar-refractivity contribution in [1.29, 1.82) is 0 Å². The van der Waals surface area contributed by atoms with E-state index in [9.17, 15) is 14.7 Å². The SMILES string of the molecule is CCC(CC)(CNc1nccc2c1C(=O)OC2(C)C)C(=O)O. The summed E-state index contributed by atoms with van der Waals surface area (Å²) in [6.45, 7) is 7.55. The van der Waals surface area contributed by atoms with E-state index >= 15 is 0 Å². The number of nitrogens with zero attached hydrogens (tertiary/aromatic N) is 1. The monoisotopic (exact) mass is 306 g/mol. The molecule has 2 heterocycles. The Labute approximate surface area is 129 Å². The summed E-state index contributed by atoms with van der Waals surface area (Å²) in [5.74, 6) is -0.884. The molecule has 0 amide bonds. The standard InChI is InChI=1S/C16H22N2O4/c1-5-16(6-2,14(20)21)9-18-12-11-10(7-8-17-12)15(3,4)22-13(11)19/h7-8H,5-6,9H2,1-4H3,(H,17,18)(H,20,21). The number of pyridine rings is 1. The molecule has 0 fully saturated rings. The van der Waals surface area contributed by atoms with Crippen LogP contribution in [-0.4, -0.2) is 28.6 Å². The number of ether oxygens (including phenoxy) is 1. The molecule has 6 nitrogen and oxygen atoms in total. The van der Waals surface area contributed by atoms with Crippen molar-refractivity contribution in [2.45, 2.75) is 46.1 Å². The maximum absolute atomic E-state index is 12.1. The van der Waals surface area contributed by atoms with Crippen molar-refractivity contribution in [3.05, 3.63) is 23.4 Å². The van der Waals surface area contributed by atoms with Crippen molar-refractivity contribution in [3.63, 3.8) is 0 Å². The summed E-state index contributed by atoms with van der Waals surface area (Å²) in [5.41, 5.74) is -0.393. The van der Waals surface area contributed by atoms with Gasteiger partial charge in [0.1, 0.15) is 17.0 Å². The summed E-state index contributed by atoms with van der Waals surface area (Å²) in [4.78, 5) is 27.8. The summed E-state index contributed by atoms with van der Waals surface area (Å²) in [7, 11) is 0. The zero-order valence-electron chi connectivity index (χ0n) is 13.4. The first-order valence-electron chi connectivity index (χ1n) is 7.47. The normalized spacial score (nSPS) is 16.1. The van der Waals surface area contributed by atoms with Crippen LogP contribution in [0.1, 0.15) is 56.5 Å². The van der Waals surface area contributed by atoms with Crippen molar-refractivity contribution < 1.29 is 19.4 Å². The molecule has 1 aromatic rings. The van der Waals surface area contributed by atoms with Gasteiger partial charge in [0.2, 0.25) is 0 Å². The molecule has 2 rings (SSSR count). The van der Waals surface area contributed by atoms with Gasteiger partial charge in [-0.25, -0.2) is 9.78 Å². The van der Waals surface area contributed by atoms with Crippen LogP contribution in [0.2, 0.25) is 0 Å². The third-order valence-electron chi connectivity index (χ3n) is 4.55. The van der Waals surface area contributed by atoms with Gasteiger partial charge in [-0.3, -0.25) is 4.79 Å². The number of carboxylic acid groups (broad SMARTS) is 1. The van der Waals surface area contributed by atoms with Crippen LogP contribution in [0.15, 0.2) is 12.3 Å². The lowest BCUT2D eigenvalue weighted by Crippen LogP contribution is -2.37. The van der Waals surface area contributed by atoms with Crippen LogP contribution >= 0.6 is 0 Å². The van der Waals surface area contributed by atoms with Crippen molar-refractivity contribution in [2.75, 3.05) is 11.9 Å². The molecule has 0 spiro atoms. The van der Waals surface area contributed by atoms with Gasteiger partial charge in [-0.2, -0.15) is 0 Å². The summed E-state index contributed by atoms with van der Waals surface area (Å²) in [6, 6.07) is 1.76. The quantitative estimate of drug-likeness (QED) is 0.786. The molecule has 1 aromatic heterocycles. The Morgan fingerprint density at radius 1 is 1.41 bits per heavy atom. The van der Waals surface area contributed by atoms with E-state index in [0.717, 1.165) is 5.56 Å². The highest BCUT2D eigenvalue weighted by Gasteiger charge is 2.41. The lowest BCUT2D eigenvalue weighted by molar-refractivity contribution is -0.148. The van der Waals surface area contributed by atoms with Crippen LogP contribution in [0.25, 0.3) is 0 Å². The first kappa shape index (κ1) is 16.3. The highest BCUT2D eigenvalue weighted by atomic mass is 16.6. The van der Waals surface area contributed by atoms with Crippen LogP contribution in [0.5, 0.6) is 0 Å². The highest BCUT2D eigenvalue weighted by molar-refractivity contribution is 5.99. The van der Waals surface area contributed by atoms with Crippen molar-refractivity contribution in [3.8, 4) is 0 Å². The van der Waals surface area contributed by atoms with E-state index in [1.807, 2.05) is 27.7 Å². The van der Waals surface area contributed by atoms with Crippen LogP contribution in [0.4, 0.5) is 5.82 Å². The van der Waals surface area contributed by atoms with Gasteiger partial charge in [-0.15, -0.1) is 0 Å². The molecule has 120 valence electrons. The molecule has 2 N–H and O–H groups in total. The van der Waals surface area contributed by atoms with Crippen LogP contribution in [0.3, 0.4) is 0 Å². The van der Waals surface area contributed by atoms with Crippen molar-refractivity contribution in [2.24, 2.45) is 5.41 Å². The fraction of sp³-hybridized carbons (Fsp3) is 0.562. The molecule has 1 aliphatic rings. The molecule has 0 radical (unpaired) electrons. The van der Waals surface area contributed by atoms with Gasteiger partial charge in [0, 0.05) is 18.3 Å². The van der Waals surface area contributed by atoms with Crippen LogP contribution < -0.4 is 5.32 Å². The number of carbonyl (C=O) groups is 2. The number of anilines is 1. The maximum Gasteiger partial charge on any atom is 0.343 e. The molecule has 0 saturated heterocycles. The third kappa shape index (κ3) is 2.53. The Balaban J connectivity index is 2.32. The molecule has 0 atom stereocenters. The lowest BCUT2D eigenvalue weighted by atomic mass is 9.82. The topological polar surface area (TPSA) is 88.5 Å². The van der Waals surface area contributed by atoms with Crippen LogP contribution in [0, 0.1) is 5.41 Å². The number of fused-ring (bicyclic) bond motifs is 1. The molecular formula is C16H22N2O4. The molecule has 6 heteroatoms. The Morgan fingerprint density at radius 2 is 2.05 bits per heavy atom. The second kappa shape index (κ2) is 5.59. The predicted molar refractivity (Wildman–Crippen MR) is 81.8 cm³/mol. The summed E-state index contributed by atoms with van der Waals surface area (Å²) in [5, 5.41) is 12.5. The molecule has 22 heavy (non-hydrogen) atoms. The number of aliphatic carboxylic acids is 1. The largest absolute Gasteiger partial charge is 0.481 e. The Kier molecular flexibility index (Phi) is 4.13. The van der Waals surface area contributed by atoms with Gasteiger partial charge in [0.25, 0.3) is 0 Å². The van der Waals surface area contributed by atoms with Gasteiger partial charge < -0.3 is 15.2 Å². The molecular weight excluding hydrogens is 284 g/mol. The van der Waals surface area contributed by atoms with Gasteiger partial charge in [0.05, 0.1) is 5.41 Å². The second-order valence-corrected chi connectivity index (χ2v) is 6.13. The van der Waals surface area contributed by atoms with E-state index in [-0.39, 0.29) is 6.54 Å². The van der Waals surface area contributed by atoms with E-state index in [4.69, 9.17) is 4.74 Å². The number of carbonyl (C=O) groups excluding carboxylic acids is 1. The first-order valence-corrected chi connectivity index (χ1v) is 7.47. The molecule has 1 aliphatic heterocycles. The van der Waals surface area contributed by atoms with E-state index < -0.39 is 23.0 Å². The van der Waals surface area contributed by atoms with E-state index in [2.05, 4.69) is 10.3 Å². The lowest BCUT2D eigenvalue weighted by Gasteiger charge is -2.27. The zero-order chi connectivity index (χ0) is 16.5. The van der Waals surface area contributed by atoms with E-state index in [1.54, 1.807) is 12.3 Å². The zero-order valence-corrected chi connectivity index (χ0v) is 13.4. The molecule has 0 aliphatic carbocycles. The third-order valence-corrected chi connectivity index (χ3v) is 4.55. The van der Waals surface area contributed by atoms with Gasteiger partial charge >= 0.3 is 11.9 Å². The summed E-state index contributed by atoms with van der Waals surface area (Å²) >= 11 is 0. The van der Waals surface area contributed by atoms with E-state index in [0.29, 0.717) is 24.2 Å². The number of carboxylic acids is 1. The number of cyclic esters (lactones) is 1. The highest BCUT2D eigenvalue weighted by Crippen LogP contribution is 2.38. The number of nitrogens with one attached hydrogen (secondary N) is 1. The fourth-order valence-electron chi connectivity index (χ4n) is 2.77. The minimum atomic E-state index is -0.873. The number of hydrogen-bond donors (Lipinski definition) is 2. The predicted octanol–water partition coefficient (Wildman–Crippen LogP) is 2.79.